The van der Waals surface area contributed by atoms with Crippen molar-refractivity contribution in [1.29, 1.82) is 0 Å². The third kappa shape index (κ3) is 4.15. The van der Waals surface area contributed by atoms with Crippen LogP contribution in [0, 0.1) is 11.7 Å². The van der Waals surface area contributed by atoms with Crippen LogP contribution in [0.5, 0.6) is 0 Å². The van der Waals surface area contributed by atoms with Crippen molar-refractivity contribution >= 4 is 17.5 Å². The minimum absolute atomic E-state index is 0.0718. The second kappa shape index (κ2) is 6.20. The van der Waals surface area contributed by atoms with E-state index in [1.54, 1.807) is 23.9 Å². The number of halogens is 1. The topological polar surface area (TPSA) is 17.1 Å². The van der Waals surface area contributed by atoms with E-state index in [1.165, 1.54) is 12.1 Å². The van der Waals surface area contributed by atoms with Crippen molar-refractivity contribution in [2.75, 3.05) is 0 Å². The van der Waals surface area contributed by atoms with Crippen molar-refractivity contribution in [3.8, 4) is 0 Å². The molecular formula is C14H19FOS. The van der Waals surface area contributed by atoms with Gasteiger partial charge in [0.15, 0.2) is 5.78 Å². The van der Waals surface area contributed by atoms with Crippen LogP contribution in [0.4, 0.5) is 4.39 Å². The fourth-order valence-electron chi connectivity index (χ4n) is 1.39. The van der Waals surface area contributed by atoms with Crippen LogP contribution in [-0.4, -0.2) is 16.3 Å². The molecule has 1 aromatic rings. The summed E-state index contributed by atoms with van der Waals surface area (Å²) >= 11 is 1.67. The van der Waals surface area contributed by atoms with E-state index in [-0.39, 0.29) is 16.9 Å². The van der Waals surface area contributed by atoms with Crippen molar-refractivity contribution < 1.29 is 9.18 Å². The van der Waals surface area contributed by atoms with Gasteiger partial charge >= 0.3 is 0 Å². The van der Waals surface area contributed by atoms with E-state index in [4.69, 9.17) is 0 Å². The summed E-state index contributed by atoms with van der Waals surface area (Å²) in [6.07, 6.45) is 0. The van der Waals surface area contributed by atoms with Gasteiger partial charge < -0.3 is 0 Å². The summed E-state index contributed by atoms with van der Waals surface area (Å²) in [5, 5.41) is 0.354. The zero-order valence-corrected chi connectivity index (χ0v) is 11.6. The lowest BCUT2D eigenvalue weighted by molar-refractivity contribution is 0.0993. The standard InChI is InChI=1S/C14H19FOS/c1-9(2)10(3)17-11(4)14(16)12-5-7-13(15)8-6-12/h5-11H,1-4H3. The first-order chi connectivity index (χ1) is 7.91. The molecule has 1 aromatic carbocycles. The van der Waals surface area contributed by atoms with Gasteiger partial charge in [0.05, 0.1) is 5.25 Å². The van der Waals surface area contributed by atoms with E-state index in [1.807, 2.05) is 6.92 Å². The van der Waals surface area contributed by atoms with Crippen LogP contribution in [-0.2, 0) is 0 Å². The number of hydrogen-bond donors (Lipinski definition) is 0. The number of rotatable bonds is 5. The van der Waals surface area contributed by atoms with Crippen molar-refractivity contribution in [2.24, 2.45) is 5.92 Å². The fourth-order valence-corrected chi connectivity index (χ4v) is 2.61. The van der Waals surface area contributed by atoms with Gasteiger partial charge in [0.1, 0.15) is 5.82 Å². The number of ketones is 1. The molecule has 0 saturated heterocycles. The quantitative estimate of drug-likeness (QED) is 0.733. The number of thioether (sulfide) groups is 1. The number of carbonyl (C=O) groups is 1. The Morgan fingerprint density at radius 2 is 1.65 bits per heavy atom. The molecule has 0 aliphatic carbocycles. The molecule has 0 amide bonds. The summed E-state index contributed by atoms with van der Waals surface area (Å²) < 4.78 is 12.8. The Morgan fingerprint density at radius 3 is 2.12 bits per heavy atom. The van der Waals surface area contributed by atoms with Gasteiger partial charge in [0.25, 0.3) is 0 Å². The highest BCUT2D eigenvalue weighted by Crippen LogP contribution is 2.25. The van der Waals surface area contributed by atoms with Crippen LogP contribution in [0.2, 0.25) is 0 Å². The maximum atomic E-state index is 12.8. The Morgan fingerprint density at radius 1 is 1.12 bits per heavy atom. The molecule has 0 spiro atoms. The highest BCUT2D eigenvalue weighted by atomic mass is 32.2. The van der Waals surface area contributed by atoms with Crippen LogP contribution < -0.4 is 0 Å². The minimum Gasteiger partial charge on any atom is -0.293 e. The molecule has 0 radical (unpaired) electrons. The summed E-state index contributed by atoms with van der Waals surface area (Å²) in [6.45, 7) is 8.33. The Bertz CT molecular complexity index is 372. The Kier molecular flexibility index (Phi) is 5.19. The molecule has 0 aliphatic rings. The molecule has 2 atom stereocenters. The van der Waals surface area contributed by atoms with Crippen molar-refractivity contribution in [3.63, 3.8) is 0 Å². The number of hydrogen-bond acceptors (Lipinski definition) is 2. The first-order valence-electron chi connectivity index (χ1n) is 5.87. The van der Waals surface area contributed by atoms with E-state index < -0.39 is 0 Å². The second-order valence-corrected chi connectivity index (χ2v) is 6.32. The van der Waals surface area contributed by atoms with Crippen molar-refractivity contribution in [2.45, 2.75) is 38.2 Å². The molecule has 0 N–H and O–H groups in total. The lowest BCUT2D eigenvalue weighted by Crippen LogP contribution is -2.19. The van der Waals surface area contributed by atoms with Gasteiger partial charge in [0, 0.05) is 10.8 Å². The Labute approximate surface area is 107 Å². The summed E-state index contributed by atoms with van der Waals surface area (Å²) in [4.78, 5) is 12.1. The van der Waals surface area contributed by atoms with Gasteiger partial charge in [-0.15, -0.1) is 11.8 Å². The van der Waals surface area contributed by atoms with E-state index in [0.717, 1.165) is 0 Å². The van der Waals surface area contributed by atoms with Gasteiger partial charge in [-0.05, 0) is 37.1 Å². The Hall–Kier alpha value is -0.830. The van der Waals surface area contributed by atoms with Gasteiger partial charge in [-0.1, -0.05) is 20.8 Å². The molecule has 0 bridgehead atoms. The average molecular weight is 254 g/mol. The molecule has 0 fully saturated rings. The highest BCUT2D eigenvalue weighted by Gasteiger charge is 2.19. The molecule has 17 heavy (non-hydrogen) atoms. The molecule has 3 heteroatoms. The SMILES string of the molecule is CC(SC(C)C(C)C)C(=O)c1ccc(F)cc1. The third-order valence-electron chi connectivity index (χ3n) is 2.86. The van der Waals surface area contributed by atoms with Gasteiger partial charge in [-0.25, -0.2) is 4.39 Å². The molecular weight excluding hydrogens is 235 g/mol. The predicted octanol–water partition coefficient (Wildman–Crippen LogP) is 4.17. The molecule has 1 nitrogen and oxygen atoms in total. The number of benzene rings is 1. The zero-order valence-electron chi connectivity index (χ0n) is 10.7. The van der Waals surface area contributed by atoms with Crippen LogP contribution in [0.3, 0.4) is 0 Å². The summed E-state index contributed by atoms with van der Waals surface area (Å²) in [5.74, 6) is 0.309. The molecule has 0 aliphatic heterocycles. The summed E-state index contributed by atoms with van der Waals surface area (Å²) in [7, 11) is 0. The van der Waals surface area contributed by atoms with Crippen LogP contribution in [0.15, 0.2) is 24.3 Å². The molecule has 2 unspecified atom stereocenters. The highest BCUT2D eigenvalue weighted by molar-refractivity contribution is 8.01. The largest absolute Gasteiger partial charge is 0.293 e. The molecule has 94 valence electrons. The maximum absolute atomic E-state index is 12.8. The van der Waals surface area contributed by atoms with Gasteiger partial charge in [-0.2, -0.15) is 0 Å². The van der Waals surface area contributed by atoms with Crippen molar-refractivity contribution in [3.05, 3.63) is 35.6 Å². The summed E-state index contributed by atoms with van der Waals surface area (Å²) in [5.41, 5.74) is 0.586. The van der Waals surface area contributed by atoms with Gasteiger partial charge in [0.2, 0.25) is 0 Å². The number of Topliss-reactive ketones (excluding diaryl/α,β-unsaturated/α-hetero) is 1. The van der Waals surface area contributed by atoms with Gasteiger partial charge in [-0.3, -0.25) is 4.79 Å². The van der Waals surface area contributed by atoms with Crippen molar-refractivity contribution in [1.82, 2.24) is 0 Å². The van der Waals surface area contributed by atoms with E-state index >= 15 is 0 Å². The minimum atomic E-state index is -0.308. The van der Waals surface area contributed by atoms with Crippen LogP contribution in [0.1, 0.15) is 38.1 Å². The summed E-state index contributed by atoms with van der Waals surface area (Å²) in [6, 6.07) is 5.76. The Balaban J connectivity index is 2.66. The van der Waals surface area contributed by atoms with Crippen LogP contribution in [0.25, 0.3) is 0 Å². The molecule has 0 saturated carbocycles. The average Bonchev–Trinajstić information content (AvgIpc) is 2.28. The molecule has 1 rings (SSSR count). The second-order valence-electron chi connectivity index (χ2n) is 4.60. The first kappa shape index (κ1) is 14.2. The lowest BCUT2D eigenvalue weighted by atomic mass is 10.1. The van der Waals surface area contributed by atoms with E-state index in [0.29, 0.717) is 16.7 Å². The van der Waals surface area contributed by atoms with E-state index in [2.05, 4.69) is 20.8 Å². The maximum Gasteiger partial charge on any atom is 0.175 e. The zero-order chi connectivity index (χ0) is 13.0. The predicted molar refractivity (Wildman–Crippen MR) is 72.1 cm³/mol. The molecule has 0 aromatic heterocycles. The smallest absolute Gasteiger partial charge is 0.175 e. The monoisotopic (exact) mass is 254 g/mol. The normalized spacial score (nSPS) is 14.7. The number of carbonyl (C=O) groups excluding carboxylic acids is 1. The van der Waals surface area contributed by atoms with E-state index in [9.17, 15) is 9.18 Å². The third-order valence-corrected chi connectivity index (χ3v) is 4.45. The fraction of sp³-hybridized carbons (Fsp3) is 0.500. The molecule has 0 heterocycles. The van der Waals surface area contributed by atoms with Crippen LogP contribution >= 0.6 is 11.8 Å². The first-order valence-corrected chi connectivity index (χ1v) is 6.81. The lowest BCUT2D eigenvalue weighted by Gasteiger charge is -2.19.